The molecule has 6 heteroatoms. The summed E-state index contributed by atoms with van der Waals surface area (Å²) < 4.78 is 0. The Bertz CT molecular complexity index is 717. The zero-order valence-electron chi connectivity index (χ0n) is 33.4. The summed E-state index contributed by atoms with van der Waals surface area (Å²) in [7, 11) is 0. The van der Waals surface area contributed by atoms with Crippen LogP contribution in [0, 0.1) is 0 Å². The SMILES string of the molecule is CCCCCCCCCC=CCCC[C@@H](O)[C@@H](O)C[C@H](CO)NC(=O)[C@H](O)CCCCCCCCCCCCCCCCCCCCCCC. The van der Waals surface area contributed by atoms with Crippen molar-refractivity contribution in [2.75, 3.05) is 6.61 Å². The van der Waals surface area contributed by atoms with Gasteiger partial charge in [0.25, 0.3) is 0 Å². The molecule has 0 aromatic rings. The van der Waals surface area contributed by atoms with Crippen molar-refractivity contribution < 1.29 is 25.2 Å². The zero-order valence-corrected chi connectivity index (χ0v) is 33.4. The molecule has 0 aromatic carbocycles. The van der Waals surface area contributed by atoms with Crippen LogP contribution in [0.5, 0.6) is 0 Å². The molecular formula is C44H87NO5. The van der Waals surface area contributed by atoms with Crippen molar-refractivity contribution in [2.45, 2.75) is 257 Å². The molecule has 0 saturated heterocycles. The van der Waals surface area contributed by atoms with Gasteiger partial charge in [0.05, 0.1) is 24.9 Å². The molecule has 6 nitrogen and oxygen atoms in total. The first-order valence-corrected chi connectivity index (χ1v) is 22.1. The summed E-state index contributed by atoms with van der Waals surface area (Å²) in [5, 5.41) is 43.6. The number of aliphatic hydroxyl groups is 4. The number of allylic oxidation sites excluding steroid dienone is 2. The van der Waals surface area contributed by atoms with Crippen LogP contribution in [-0.4, -0.2) is 57.3 Å². The second kappa shape index (κ2) is 39.3. The van der Waals surface area contributed by atoms with Gasteiger partial charge in [-0.05, 0) is 44.9 Å². The highest BCUT2D eigenvalue weighted by Gasteiger charge is 2.24. The molecule has 0 radical (unpaired) electrons. The van der Waals surface area contributed by atoms with Crippen LogP contribution in [0.3, 0.4) is 0 Å². The van der Waals surface area contributed by atoms with E-state index in [2.05, 4.69) is 31.3 Å². The highest BCUT2D eigenvalue weighted by molar-refractivity contribution is 5.80. The molecule has 0 aliphatic heterocycles. The highest BCUT2D eigenvalue weighted by atomic mass is 16.3. The lowest BCUT2D eigenvalue weighted by atomic mass is 10.00. The Morgan fingerprint density at radius 2 is 0.840 bits per heavy atom. The summed E-state index contributed by atoms with van der Waals surface area (Å²) in [6.45, 7) is 4.18. The molecule has 4 atom stereocenters. The fourth-order valence-corrected chi connectivity index (χ4v) is 6.92. The van der Waals surface area contributed by atoms with Crippen molar-refractivity contribution in [3.63, 3.8) is 0 Å². The molecule has 0 rings (SSSR count). The first-order chi connectivity index (χ1) is 24.5. The van der Waals surface area contributed by atoms with Crippen LogP contribution in [0.4, 0.5) is 0 Å². The predicted octanol–water partition coefficient (Wildman–Crippen LogP) is 11.4. The van der Waals surface area contributed by atoms with Gasteiger partial charge < -0.3 is 25.7 Å². The maximum atomic E-state index is 12.5. The molecule has 0 heterocycles. The van der Waals surface area contributed by atoms with E-state index in [1.165, 1.54) is 161 Å². The van der Waals surface area contributed by atoms with Gasteiger partial charge in [-0.15, -0.1) is 0 Å². The zero-order chi connectivity index (χ0) is 36.8. The van der Waals surface area contributed by atoms with Crippen molar-refractivity contribution in [1.29, 1.82) is 0 Å². The molecule has 0 spiro atoms. The monoisotopic (exact) mass is 710 g/mol. The standard InChI is InChI=1S/C44H87NO5/c1-3-5-7-9-11-13-15-17-18-19-20-21-22-23-24-25-27-29-31-33-35-37-42(48)44(50)45-40(39-46)38-43(49)41(47)36-34-32-30-28-26-16-14-12-10-8-6-4-2/h28,30,40-43,46-49H,3-27,29,31-39H2,1-2H3,(H,45,50)/t40-,41-,42-,43+/m1/s1. The summed E-state index contributed by atoms with van der Waals surface area (Å²) >= 11 is 0. The maximum Gasteiger partial charge on any atom is 0.249 e. The topological polar surface area (TPSA) is 110 Å². The molecule has 0 unspecified atom stereocenters. The van der Waals surface area contributed by atoms with E-state index in [4.69, 9.17) is 0 Å². The largest absolute Gasteiger partial charge is 0.394 e. The van der Waals surface area contributed by atoms with Gasteiger partial charge in [-0.25, -0.2) is 0 Å². The Labute approximate surface area is 311 Å². The number of carbonyl (C=O) groups excluding carboxylic acids is 1. The fraction of sp³-hybridized carbons (Fsp3) is 0.932. The first kappa shape index (κ1) is 49.0. The van der Waals surface area contributed by atoms with E-state index in [-0.39, 0.29) is 13.0 Å². The summed E-state index contributed by atoms with van der Waals surface area (Å²) in [5.41, 5.74) is 0. The van der Waals surface area contributed by atoms with E-state index >= 15 is 0 Å². The second-order valence-corrected chi connectivity index (χ2v) is 15.4. The molecule has 0 aliphatic rings. The molecule has 298 valence electrons. The third kappa shape index (κ3) is 34.2. The lowest BCUT2D eigenvalue weighted by Gasteiger charge is -2.24. The lowest BCUT2D eigenvalue weighted by molar-refractivity contribution is -0.131. The third-order valence-corrected chi connectivity index (χ3v) is 10.4. The Morgan fingerprint density at radius 1 is 0.480 bits per heavy atom. The van der Waals surface area contributed by atoms with Crippen LogP contribution in [0.2, 0.25) is 0 Å². The van der Waals surface area contributed by atoms with E-state index in [9.17, 15) is 25.2 Å². The minimum absolute atomic E-state index is 0.0591. The number of hydrogen-bond donors (Lipinski definition) is 5. The summed E-state index contributed by atoms with van der Waals surface area (Å²) in [5.74, 6) is -0.509. The predicted molar refractivity (Wildman–Crippen MR) is 215 cm³/mol. The van der Waals surface area contributed by atoms with E-state index in [0.717, 1.165) is 38.5 Å². The van der Waals surface area contributed by atoms with Gasteiger partial charge >= 0.3 is 0 Å². The Balaban J connectivity index is 3.69. The molecule has 1 amide bonds. The normalized spacial score (nSPS) is 14.3. The maximum absolute atomic E-state index is 12.5. The number of rotatable bonds is 40. The Morgan fingerprint density at radius 3 is 1.24 bits per heavy atom. The number of hydrogen-bond acceptors (Lipinski definition) is 5. The van der Waals surface area contributed by atoms with E-state index < -0.39 is 30.3 Å². The van der Waals surface area contributed by atoms with Crippen LogP contribution >= 0.6 is 0 Å². The second-order valence-electron chi connectivity index (χ2n) is 15.4. The minimum Gasteiger partial charge on any atom is -0.394 e. The van der Waals surface area contributed by atoms with Crippen molar-refractivity contribution in [1.82, 2.24) is 5.32 Å². The van der Waals surface area contributed by atoms with Gasteiger partial charge in [-0.2, -0.15) is 0 Å². The number of nitrogens with one attached hydrogen (secondary N) is 1. The first-order valence-electron chi connectivity index (χ1n) is 22.1. The average molecular weight is 710 g/mol. The summed E-state index contributed by atoms with van der Waals surface area (Å²) in [4.78, 5) is 12.5. The van der Waals surface area contributed by atoms with E-state index in [1.807, 2.05) is 0 Å². The third-order valence-electron chi connectivity index (χ3n) is 10.4. The molecule has 0 aromatic heterocycles. The molecule has 5 N–H and O–H groups in total. The van der Waals surface area contributed by atoms with Gasteiger partial charge in [-0.1, -0.05) is 199 Å². The van der Waals surface area contributed by atoms with Crippen LogP contribution in [0.1, 0.15) is 232 Å². The van der Waals surface area contributed by atoms with Crippen LogP contribution in [-0.2, 0) is 4.79 Å². The summed E-state index contributed by atoms with van der Waals surface area (Å²) in [6.07, 6.45) is 42.0. The lowest BCUT2D eigenvalue weighted by Crippen LogP contribution is -2.46. The molecular weight excluding hydrogens is 622 g/mol. The number of aliphatic hydroxyl groups excluding tert-OH is 4. The number of carbonyl (C=O) groups is 1. The minimum atomic E-state index is -1.11. The molecule has 50 heavy (non-hydrogen) atoms. The molecule has 0 aliphatic carbocycles. The number of unbranched alkanes of at least 4 members (excludes halogenated alkanes) is 28. The van der Waals surface area contributed by atoms with Crippen molar-refractivity contribution in [2.24, 2.45) is 0 Å². The van der Waals surface area contributed by atoms with Gasteiger partial charge in [-0.3, -0.25) is 4.79 Å². The van der Waals surface area contributed by atoms with Crippen molar-refractivity contribution in [3.8, 4) is 0 Å². The van der Waals surface area contributed by atoms with Gasteiger partial charge in [0.2, 0.25) is 5.91 Å². The van der Waals surface area contributed by atoms with Gasteiger partial charge in [0.1, 0.15) is 6.10 Å². The van der Waals surface area contributed by atoms with Crippen LogP contribution in [0.25, 0.3) is 0 Å². The van der Waals surface area contributed by atoms with Gasteiger partial charge in [0.15, 0.2) is 0 Å². The van der Waals surface area contributed by atoms with Gasteiger partial charge in [0, 0.05) is 0 Å². The van der Waals surface area contributed by atoms with Crippen LogP contribution < -0.4 is 5.32 Å². The van der Waals surface area contributed by atoms with Crippen molar-refractivity contribution >= 4 is 5.91 Å². The smallest absolute Gasteiger partial charge is 0.249 e. The Hall–Kier alpha value is -0.950. The van der Waals surface area contributed by atoms with Crippen molar-refractivity contribution in [3.05, 3.63) is 12.2 Å². The van der Waals surface area contributed by atoms with E-state index in [1.54, 1.807) is 0 Å². The highest BCUT2D eigenvalue weighted by Crippen LogP contribution is 2.16. The fourth-order valence-electron chi connectivity index (χ4n) is 6.92. The number of amides is 1. The molecule has 0 bridgehead atoms. The van der Waals surface area contributed by atoms with E-state index in [0.29, 0.717) is 12.8 Å². The quantitative estimate of drug-likeness (QED) is 0.0321. The summed E-state index contributed by atoms with van der Waals surface area (Å²) in [6, 6.07) is -0.691. The molecule has 0 fully saturated rings. The molecule has 0 saturated carbocycles. The Kier molecular flexibility index (Phi) is 38.5. The average Bonchev–Trinajstić information content (AvgIpc) is 3.12. The van der Waals surface area contributed by atoms with Crippen LogP contribution in [0.15, 0.2) is 12.2 Å².